The lowest BCUT2D eigenvalue weighted by Crippen LogP contribution is -2.33. The average molecular weight is 680 g/mol. The molecule has 2 saturated heterocycles. The van der Waals surface area contributed by atoms with Gasteiger partial charge in [0, 0.05) is 25.9 Å². The van der Waals surface area contributed by atoms with E-state index in [4.69, 9.17) is 9.47 Å². The van der Waals surface area contributed by atoms with Crippen LogP contribution in [-0.4, -0.2) is 43.0 Å². The van der Waals surface area contributed by atoms with Gasteiger partial charge < -0.3 is 14.4 Å². The second-order valence-corrected chi connectivity index (χ2v) is 16.3. The first kappa shape index (κ1) is 42.3. The fourth-order valence-corrected chi connectivity index (χ4v) is 8.66. The van der Waals surface area contributed by atoms with Crippen LogP contribution in [0.15, 0.2) is 48.6 Å². The van der Waals surface area contributed by atoms with Gasteiger partial charge in [-0.15, -0.1) is 0 Å². The number of likely N-dealkylation sites (N-methyl/N-ethyl adjacent to an activating group) is 1. The van der Waals surface area contributed by atoms with Crippen LogP contribution in [0.1, 0.15) is 200 Å². The number of unbranched alkanes of at least 4 members (excludes halogenated alkanes) is 18. The van der Waals surface area contributed by atoms with Crippen LogP contribution in [0.3, 0.4) is 0 Å². The third kappa shape index (κ3) is 18.2. The van der Waals surface area contributed by atoms with Crippen LogP contribution in [0.5, 0.6) is 0 Å². The van der Waals surface area contributed by atoms with E-state index < -0.39 is 0 Å². The number of rotatable bonds is 30. The molecule has 0 aromatic rings. The molecule has 3 heteroatoms. The Morgan fingerprint density at radius 3 is 1.31 bits per heavy atom. The minimum atomic E-state index is -0.271. The van der Waals surface area contributed by atoms with Crippen LogP contribution in [0.25, 0.3) is 0 Å². The molecule has 2 heterocycles. The van der Waals surface area contributed by atoms with E-state index >= 15 is 0 Å². The summed E-state index contributed by atoms with van der Waals surface area (Å²) in [6.45, 7) is 6.63. The number of nitrogens with zero attached hydrogens (tertiary/aromatic N) is 1. The van der Waals surface area contributed by atoms with E-state index in [-0.39, 0.29) is 5.79 Å². The van der Waals surface area contributed by atoms with E-state index in [1.54, 1.807) is 0 Å². The summed E-state index contributed by atoms with van der Waals surface area (Å²) in [6, 6.07) is 0. The van der Waals surface area contributed by atoms with Crippen molar-refractivity contribution in [2.45, 2.75) is 218 Å². The number of fused-ring (bicyclic) bond motifs is 1. The number of likely N-dealkylation sites (tertiary alicyclic amines) is 1. The average Bonchev–Trinajstić information content (AvgIpc) is 3.73. The number of hydrogen-bond donors (Lipinski definition) is 0. The summed E-state index contributed by atoms with van der Waals surface area (Å²) in [5.41, 5.74) is 0.440. The molecule has 1 spiro atoms. The summed E-state index contributed by atoms with van der Waals surface area (Å²) in [5, 5.41) is 0. The van der Waals surface area contributed by atoms with Crippen molar-refractivity contribution >= 4 is 0 Å². The maximum atomic E-state index is 6.74. The van der Waals surface area contributed by atoms with Crippen molar-refractivity contribution in [3.05, 3.63) is 48.6 Å². The van der Waals surface area contributed by atoms with Gasteiger partial charge in [0.25, 0.3) is 0 Å². The molecule has 0 aromatic carbocycles. The Morgan fingerprint density at radius 2 is 0.878 bits per heavy atom. The highest BCUT2D eigenvalue weighted by Gasteiger charge is 2.57. The molecule has 3 rings (SSSR count). The summed E-state index contributed by atoms with van der Waals surface area (Å²) in [5.74, 6) is -0.271. The first-order chi connectivity index (χ1) is 24.1. The lowest BCUT2D eigenvalue weighted by molar-refractivity contribution is -0.183. The van der Waals surface area contributed by atoms with E-state index in [0.29, 0.717) is 17.6 Å². The molecule has 2 aliphatic heterocycles. The van der Waals surface area contributed by atoms with Crippen molar-refractivity contribution in [1.82, 2.24) is 4.90 Å². The van der Waals surface area contributed by atoms with Crippen molar-refractivity contribution in [3.8, 4) is 0 Å². The molecule has 0 radical (unpaired) electrons. The Bertz CT molecular complexity index is 856. The SMILES string of the molecule is CCCCC/C=C\C/C=C\CCCCCCCCC1(CCCCCCCC/C=C\C/C=C\CCCCC)CCC2(C1)OC1CN(C)CC1O2. The first-order valence-electron chi connectivity index (χ1n) is 21.7. The summed E-state index contributed by atoms with van der Waals surface area (Å²) >= 11 is 0. The zero-order valence-corrected chi connectivity index (χ0v) is 33.0. The van der Waals surface area contributed by atoms with Gasteiger partial charge in [-0.1, -0.05) is 152 Å². The highest BCUT2D eigenvalue weighted by atomic mass is 16.8. The van der Waals surface area contributed by atoms with Crippen molar-refractivity contribution < 1.29 is 9.47 Å². The van der Waals surface area contributed by atoms with Gasteiger partial charge in [0.1, 0.15) is 12.2 Å². The van der Waals surface area contributed by atoms with E-state index in [1.807, 2.05) is 0 Å². The smallest absolute Gasteiger partial charge is 0.169 e. The zero-order valence-electron chi connectivity index (χ0n) is 33.0. The molecule has 2 unspecified atom stereocenters. The van der Waals surface area contributed by atoms with Gasteiger partial charge in [0.05, 0.1) is 0 Å². The molecule has 0 N–H and O–H groups in total. The van der Waals surface area contributed by atoms with Crippen LogP contribution in [0.4, 0.5) is 0 Å². The molecule has 0 aromatic heterocycles. The fourth-order valence-electron chi connectivity index (χ4n) is 8.66. The van der Waals surface area contributed by atoms with Crippen LogP contribution in [0, 0.1) is 5.41 Å². The quantitative estimate of drug-likeness (QED) is 0.0557. The molecule has 0 amide bonds. The van der Waals surface area contributed by atoms with E-state index in [2.05, 4.69) is 74.4 Å². The topological polar surface area (TPSA) is 21.7 Å². The van der Waals surface area contributed by atoms with Crippen LogP contribution in [-0.2, 0) is 9.47 Å². The zero-order chi connectivity index (χ0) is 34.7. The van der Waals surface area contributed by atoms with Crippen LogP contribution in [0.2, 0.25) is 0 Å². The fraction of sp³-hybridized carbons (Fsp3) is 0.826. The van der Waals surface area contributed by atoms with Crippen molar-refractivity contribution in [2.24, 2.45) is 5.41 Å². The summed E-state index contributed by atoms with van der Waals surface area (Å²) < 4.78 is 13.5. The predicted molar refractivity (Wildman–Crippen MR) is 214 cm³/mol. The molecule has 282 valence electrons. The van der Waals surface area contributed by atoms with Gasteiger partial charge in [-0.25, -0.2) is 0 Å². The van der Waals surface area contributed by atoms with Gasteiger partial charge in [-0.05, 0) is 95.9 Å². The van der Waals surface area contributed by atoms with E-state index in [9.17, 15) is 0 Å². The lowest BCUT2D eigenvalue weighted by atomic mass is 9.76. The highest BCUT2D eigenvalue weighted by molar-refractivity contribution is 5.02. The first-order valence-corrected chi connectivity index (χ1v) is 21.7. The molecular formula is C46H81NO2. The predicted octanol–water partition coefficient (Wildman–Crippen LogP) is 14.0. The largest absolute Gasteiger partial charge is 0.343 e. The Morgan fingerprint density at radius 1 is 0.490 bits per heavy atom. The van der Waals surface area contributed by atoms with Crippen LogP contribution < -0.4 is 0 Å². The Kier molecular flexibility index (Phi) is 22.9. The summed E-state index contributed by atoms with van der Waals surface area (Å²) in [7, 11) is 2.20. The van der Waals surface area contributed by atoms with E-state index in [0.717, 1.165) is 38.8 Å². The molecule has 0 bridgehead atoms. The summed E-state index contributed by atoms with van der Waals surface area (Å²) in [4.78, 5) is 2.37. The number of allylic oxidation sites excluding steroid dienone is 8. The maximum absolute atomic E-state index is 6.74. The molecule has 3 aliphatic rings. The lowest BCUT2D eigenvalue weighted by Gasteiger charge is -2.32. The molecule has 49 heavy (non-hydrogen) atoms. The molecule has 1 aliphatic carbocycles. The van der Waals surface area contributed by atoms with Crippen molar-refractivity contribution in [3.63, 3.8) is 0 Å². The van der Waals surface area contributed by atoms with Gasteiger partial charge >= 0.3 is 0 Å². The standard InChI is InChI=1S/C46H81NO2/c1-4-6-8-10-12-14-16-18-20-22-24-26-28-30-32-34-36-45(38-39-46(42-45)48-43-40-47(3)41-44(43)49-46)37-35-33-31-29-27-25-23-21-19-17-15-13-11-9-7-5-2/h12-15,18-21,43-44H,4-11,16-17,22-42H2,1-3H3/b14-12-,15-13-,20-18-,21-19-. The molecular weight excluding hydrogens is 599 g/mol. The molecule has 1 saturated carbocycles. The molecule has 2 atom stereocenters. The molecule has 3 fully saturated rings. The van der Waals surface area contributed by atoms with Gasteiger partial charge in [0.2, 0.25) is 0 Å². The van der Waals surface area contributed by atoms with Gasteiger partial charge in [0.15, 0.2) is 5.79 Å². The normalized spacial score (nSPS) is 24.0. The number of hydrogen-bond acceptors (Lipinski definition) is 3. The Labute approximate surface area is 305 Å². The minimum absolute atomic E-state index is 0.271. The maximum Gasteiger partial charge on any atom is 0.169 e. The third-order valence-corrected chi connectivity index (χ3v) is 11.6. The highest BCUT2D eigenvalue weighted by Crippen LogP contribution is 2.56. The third-order valence-electron chi connectivity index (χ3n) is 11.6. The van der Waals surface area contributed by atoms with Gasteiger partial charge in [-0.2, -0.15) is 0 Å². The second-order valence-electron chi connectivity index (χ2n) is 16.3. The summed E-state index contributed by atoms with van der Waals surface area (Å²) in [6.07, 6.45) is 57.8. The Balaban J connectivity index is 1.26. The molecule has 3 nitrogen and oxygen atoms in total. The van der Waals surface area contributed by atoms with Crippen molar-refractivity contribution in [1.29, 1.82) is 0 Å². The monoisotopic (exact) mass is 680 g/mol. The second kappa shape index (κ2) is 26.6. The van der Waals surface area contributed by atoms with Crippen LogP contribution >= 0.6 is 0 Å². The van der Waals surface area contributed by atoms with Gasteiger partial charge in [-0.3, -0.25) is 0 Å². The number of ether oxygens (including phenoxy) is 2. The Hall–Kier alpha value is -1.16. The van der Waals surface area contributed by atoms with E-state index in [1.165, 1.54) is 161 Å². The minimum Gasteiger partial charge on any atom is -0.343 e. The van der Waals surface area contributed by atoms with Crippen molar-refractivity contribution in [2.75, 3.05) is 20.1 Å².